The summed E-state index contributed by atoms with van der Waals surface area (Å²) in [7, 11) is 0. The van der Waals surface area contributed by atoms with Gasteiger partial charge in [-0.15, -0.1) is 0 Å². The minimum Gasteiger partial charge on any atom is -0.394 e. The van der Waals surface area contributed by atoms with E-state index in [1.165, 1.54) is 10.8 Å². The summed E-state index contributed by atoms with van der Waals surface area (Å²) in [4.78, 5) is 15.2. The minimum absolute atomic E-state index is 0.100. The normalized spacial score (nSPS) is 28.5. The molecule has 1 aromatic rings. The second-order valence-electron chi connectivity index (χ2n) is 3.78. The standard InChI is InChI=1S/C9H12BrN3O4/c10-4-2-13(9(16)12-8(4)11)7-1-5(15)6(3-14)17-7/h2,5-7,14-15H,1,3H2,(H2,11,12,16)/t5?,6-,7?/m1/s1. The molecule has 0 bridgehead atoms. The number of hydrogen-bond acceptors (Lipinski definition) is 6. The third-order valence-electron chi connectivity index (χ3n) is 2.63. The maximum absolute atomic E-state index is 11.6. The Balaban J connectivity index is 2.30. The number of aromatic nitrogens is 2. The number of ether oxygens (including phenoxy) is 1. The number of nitrogens with zero attached hydrogens (tertiary/aromatic N) is 2. The molecule has 1 saturated heterocycles. The molecule has 0 radical (unpaired) electrons. The third-order valence-corrected chi connectivity index (χ3v) is 3.24. The van der Waals surface area contributed by atoms with Crippen molar-refractivity contribution in [3.63, 3.8) is 0 Å². The van der Waals surface area contributed by atoms with Crippen LogP contribution in [-0.4, -0.2) is 38.6 Å². The highest BCUT2D eigenvalue weighted by molar-refractivity contribution is 9.10. The van der Waals surface area contributed by atoms with Gasteiger partial charge in [0.05, 0.1) is 17.2 Å². The van der Waals surface area contributed by atoms with Crippen LogP contribution in [0.25, 0.3) is 0 Å². The Kier molecular flexibility index (Phi) is 3.48. The Hall–Kier alpha value is -0.960. The number of rotatable bonds is 2. The van der Waals surface area contributed by atoms with Gasteiger partial charge in [0.1, 0.15) is 18.1 Å². The zero-order chi connectivity index (χ0) is 12.6. The lowest BCUT2D eigenvalue weighted by Crippen LogP contribution is -2.28. The van der Waals surface area contributed by atoms with Gasteiger partial charge in [0, 0.05) is 12.6 Å². The molecule has 1 aromatic heterocycles. The number of nitrogens with two attached hydrogens (primary N) is 1. The molecule has 94 valence electrons. The summed E-state index contributed by atoms with van der Waals surface area (Å²) < 4.78 is 7.06. The molecule has 2 unspecified atom stereocenters. The van der Waals surface area contributed by atoms with E-state index < -0.39 is 24.1 Å². The lowest BCUT2D eigenvalue weighted by Gasteiger charge is -2.14. The van der Waals surface area contributed by atoms with Crippen molar-refractivity contribution in [2.75, 3.05) is 12.3 Å². The maximum atomic E-state index is 11.6. The number of nitrogen functional groups attached to an aromatic ring is 1. The molecule has 0 aliphatic carbocycles. The monoisotopic (exact) mass is 305 g/mol. The smallest absolute Gasteiger partial charge is 0.351 e. The van der Waals surface area contributed by atoms with Crippen LogP contribution in [0, 0.1) is 0 Å². The Morgan fingerprint density at radius 1 is 1.71 bits per heavy atom. The fourth-order valence-corrected chi connectivity index (χ4v) is 2.02. The average Bonchev–Trinajstić information content (AvgIpc) is 2.65. The van der Waals surface area contributed by atoms with Crippen LogP contribution in [0.4, 0.5) is 5.82 Å². The quantitative estimate of drug-likeness (QED) is 0.662. The van der Waals surface area contributed by atoms with Crippen LogP contribution in [0.15, 0.2) is 15.5 Å². The van der Waals surface area contributed by atoms with E-state index in [4.69, 9.17) is 15.6 Å². The first-order chi connectivity index (χ1) is 8.02. The van der Waals surface area contributed by atoms with Gasteiger partial charge in [-0.05, 0) is 15.9 Å². The second kappa shape index (κ2) is 4.73. The van der Waals surface area contributed by atoms with Crippen LogP contribution in [0.5, 0.6) is 0 Å². The third kappa shape index (κ3) is 2.34. The predicted molar refractivity (Wildman–Crippen MR) is 62.2 cm³/mol. The van der Waals surface area contributed by atoms with Crippen molar-refractivity contribution in [3.05, 3.63) is 21.2 Å². The molecule has 17 heavy (non-hydrogen) atoms. The molecule has 1 aliphatic heterocycles. The van der Waals surface area contributed by atoms with Gasteiger partial charge in [0.2, 0.25) is 0 Å². The van der Waals surface area contributed by atoms with Crippen molar-refractivity contribution in [3.8, 4) is 0 Å². The molecule has 4 N–H and O–H groups in total. The molecular formula is C9H12BrN3O4. The molecular weight excluding hydrogens is 294 g/mol. The van der Waals surface area contributed by atoms with Crippen molar-refractivity contribution < 1.29 is 14.9 Å². The van der Waals surface area contributed by atoms with Gasteiger partial charge in [0.15, 0.2) is 0 Å². The van der Waals surface area contributed by atoms with Gasteiger partial charge in [0.25, 0.3) is 0 Å². The zero-order valence-electron chi connectivity index (χ0n) is 8.78. The van der Waals surface area contributed by atoms with Gasteiger partial charge >= 0.3 is 5.69 Å². The maximum Gasteiger partial charge on any atom is 0.351 e. The van der Waals surface area contributed by atoms with Crippen molar-refractivity contribution in [2.45, 2.75) is 24.9 Å². The summed E-state index contributed by atoms with van der Waals surface area (Å²) in [5, 5.41) is 18.5. The molecule has 7 nitrogen and oxygen atoms in total. The van der Waals surface area contributed by atoms with E-state index in [2.05, 4.69) is 20.9 Å². The minimum atomic E-state index is -0.798. The molecule has 0 spiro atoms. The van der Waals surface area contributed by atoms with E-state index in [0.29, 0.717) is 4.47 Å². The predicted octanol–water partition coefficient (Wildman–Crippen LogP) is -0.771. The summed E-state index contributed by atoms with van der Waals surface area (Å²) in [6.07, 6.45) is -0.430. The van der Waals surface area contributed by atoms with E-state index >= 15 is 0 Å². The highest BCUT2D eigenvalue weighted by atomic mass is 79.9. The topological polar surface area (TPSA) is 111 Å². The number of aliphatic hydroxyl groups is 2. The molecule has 0 aromatic carbocycles. The summed E-state index contributed by atoms with van der Waals surface area (Å²) >= 11 is 3.16. The summed E-state index contributed by atoms with van der Waals surface area (Å²) in [6.45, 7) is -0.296. The van der Waals surface area contributed by atoms with Crippen LogP contribution < -0.4 is 11.4 Å². The fraction of sp³-hybridized carbons (Fsp3) is 0.556. The Morgan fingerprint density at radius 3 is 3.00 bits per heavy atom. The number of hydrogen-bond donors (Lipinski definition) is 3. The van der Waals surface area contributed by atoms with E-state index in [1.807, 2.05) is 0 Å². The van der Waals surface area contributed by atoms with Gasteiger partial charge in [-0.2, -0.15) is 4.98 Å². The lowest BCUT2D eigenvalue weighted by molar-refractivity contribution is -0.0459. The van der Waals surface area contributed by atoms with E-state index in [-0.39, 0.29) is 18.8 Å². The molecule has 8 heteroatoms. The Morgan fingerprint density at radius 2 is 2.41 bits per heavy atom. The van der Waals surface area contributed by atoms with E-state index in [0.717, 1.165) is 0 Å². The van der Waals surface area contributed by atoms with Crippen molar-refractivity contribution in [2.24, 2.45) is 0 Å². The van der Waals surface area contributed by atoms with Crippen LogP contribution >= 0.6 is 15.9 Å². The molecule has 0 amide bonds. The number of anilines is 1. The zero-order valence-corrected chi connectivity index (χ0v) is 10.4. The molecule has 1 fully saturated rings. The van der Waals surface area contributed by atoms with E-state index in [9.17, 15) is 9.90 Å². The van der Waals surface area contributed by atoms with Crippen LogP contribution in [0.2, 0.25) is 0 Å². The average molecular weight is 306 g/mol. The summed E-state index contributed by atoms with van der Waals surface area (Å²) in [5.74, 6) is 0.100. The largest absolute Gasteiger partial charge is 0.394 e. The highest BCUT2D eigenvalue weighted by Gasteiger charge is 2.35. The van der Waals surface area contributed by atoms with Crippen LogP contribution in [0.1, 0.15) is 12.6 Å². The van der Waals surface area contributed by atoms with Crippen molar-refractivity contribution in [1.82, 2.24) is 9.55 Å². The van der Waals surface area contributed by atoms with Crippen molar-refractivity contribution >= 4 is 21.7 Å². The van der Waals surface area contributed by atoms with Crippen LogP contribution in [0.3, 0.4) is 0 Å². The molecule has 2 heterocycles. The summed E-state index contributed by atoms with van der Waals surface area (Å²) in [6, 6.07) is 0. The second-order valence-corrected chi connectivity index (χ2v) is 4.63. The number of halogens is 1. The molecule has 2 rings (SSSR count). The SMILES string of the molecule is Nc1nc(=O)n(C2CC(O)[C@@H](CO)O2)cc1Br. The van der Waals surface area contributed by atoms with Crippen molar-refractivity contribution in [1.29, 1.82) is 0 Å². The van der Waals surface area contributed by atoms with Gasteiger partial charge in [-0.25, -0.2) is 4.79 Å². The molecule has 0 saturated carbocycles. The first-order valence-corrected chi connectivity index (χ1v) is 5.80. The van der Waals surface area contributed by atoms with Gasteiger partial charge < -0.3 is 20.7 Å². The summed E-state index contributed by atoms with van der Waals surface area (Å²) in [5.41, 5.74) is 4.91. The van der Waals surface area contributed by atoms with Gasteiger partial charge in [-0.1, -0.05) is 0 Å². The fourth-order valence-electron chi connectivity index (χ4n) is 1.71. The van der Waals surface area contributed by atoms with E-state index in [1.54, 1.807) is 0 Å². The van der Waals surface area contributed by atoms with Gasteiger partial charge in [-0.3, -0.25) is 4.57 Å². The lowest BCUT2D eigenvalue weighted by atomic mass is 10.2. The Bertz CT molecular complexity index is 478. The first kappa shape index (κ1) is 12.5. The van der Waals surface area contributed by atoms with Crippen LogP contribution in [-0.2, 0) is 4.74 Å². The molecule has 1 aliphatic rings. The molecule has 3 atom stereocenters. The Labute approximate surface area is 105 Å². The first-order valence-electron chi connectivity index (χ1n) is 5.01. The number of aliphatic hydroxyl groups excluding tert-OH is 2. The highest BCUT2D eigenvalue weighted by Crippen LogP contribution is 2.28.